The topological polar surface area (TPSA) is 42.3 Å². The Labute approximate surface area is 177 Å². The fraction of sp³-hybridized carbons (Fsp3) is 0.304. The van der Waals surface area contributed by atoms with Gasteiger partial charge < -0.3 is 19.5 Å². The van der Waals surface area contributed by atoms with Crippen LogP contribution in [0.4, 0.5) is 5.69 Å². The Balaban J connectivity index is 1.76. The summed E-state index contributed by atoms with van der Waals surface area (Å²) in [6.07, 6.45) is 6.17. The minimum Gasteiger partial charge on any atom is -0.494 e. The summed E-state index contributed by atoms with van der Waals surface area (Å²) in [5.41, 5.74) is 3.22. The molecule has 1 aliphatic rings. The van der Waals surface area contributed by atoms with Crippen molar-refractivity contribution in [2.45, 2.75) is 38.9 Å². The average molecular weight is 407 g/mol. The van der Waals surface area contributed by atoms with Crippen LogP contribution in [0, 0.1) is 0 Å². The second-order valence-corrected chi connectivity index (χ2v) is 7.80. The largest absolute Gasteiger partial charge is 0.494 e. The molecule has 0 aliphatic carbocycles. The van der Waals surface area contributed by atoms with E-state index in [0.29, 0.717) is 17.8 Å². The van der Waals surface area contributed by atoms with Crippen LogP contribution in [0.15, 0.2) is 67.1 Å². The predicted molar refractivity (Wildman–Crippen MR) is 120 cm³/mol. The molecule has 1 fully saturated rings. The van der Waals surface area contributed by atoms with Crippen LogP contribution in [0.3, 0.4) is 0 Å². The van der Waals surface area contributed by atoms with Crippen molar-refractivity contribution >= 4 is 23.0 Å². The van der Waals surface area contributed by atoms with Gasteiger partial charge in [0.1, 0.15) is 5.75 Å². The number of nitrogens with zero attached hydrogens (tertiary/aromatic N) is 3. The maximum atomic E-state index is 5.77. The van der Waals surface area contributed by atoms with Crippen LogP contribution in [0.5, 0.6) is 5.75 Å². The first-order valence-electron chi connectivity index (χ1n) is 9.99. The van der Waals surface area contributed by atoms with Gasteiger partial charge in [-0.15, -0.1) is 0 Å². The number of hydrogen-bond acceptors (Lipinski definition) is 3. The molecule has 29 heavy (non-hydrogen) atoms. The molecular formula is C23H26N4OS. The number of pyridine rings is 1. The summed E-state index contributed by atoms with van der Waals surface area (Å²) >= 11 is 5.77. The van der Waals surface area contributed by atoms with Crippen LogP contribution < -0.4 is 15.0 Å². The van der Waals surface area contributed by atoms with E-state index in [0.717, 1.165) is 17.1 Å². The lowest BCUT2D eigenvalue weighted by Gasteiger charge is -2.27. The second-order valence-electron chi connectivity index (χ2n) is 7.41. The summed E-state index contributed by atoms with van der Waals surface area (Å²) in [5, 5.41) is 4.20. The normalized spacial score (nSPS) is 18.9. The van der Waals surface area contributed by atoms with Gasteiger partial charge in [-0.3, -0.25) is 4.98 Å². The van der Waals surface area contributed by atoms with Gasteiger partial charge in [0, 0.05) is 30.3 Å². The van der Waals surface area contributed by atoms with Crippen molar-refractivity contribution in [3.8, 4) is 5.75 Å². The maximum absolute atomic E-state index is 5.77. The third kappa shape index (κ3) is 3.85. The van der Waals surface area contributed by atoms with Crippen LogP contribution in [0.2, 0.25) is 0 Å². The fourth-order valence-electron chi connectivity index (χ4n) is 3.77. The molecule has 1 aliphatic heterocycles. The maximum Gasteiger partial charge on any atom is 0.174 e. The quantitative estimate of drug-likeness (QED) is 0.581. The Morgan fingerprint density at radius 3 is 2.55 bits per heavy atom. The zero-order valence-corrected chi connectivity index (χ0v) is 17.8. The first-order valence-corrected chi connectivity index (χ1v) is 10.4. The SMILES string of the molecule is CCOc1ccc(N2C(=S)N[C@H](c3ccccn3)[C@@H]2c2ccn(C(C)C)c2)cc1. The lowest BCUT2D eigenvalue weighted by molar-refractivity contribution is 0.340. The highest BCUT2D eigenvalue weighted by Crippen LogP contribution is 2.42. The number of benzene rings is 1. The van der Waals surface area contributed by atoms with Crippen molar-refractivity contribution in [3.05, 3.63) is 78.4 Å². The molecule has 1 saturated heterocycles. The Kier molecular flexibility index (Phi) is 5.53. The number of nitrogens with one attached hydrogen (secondary N) is 1. The molecule has 3 aromatic rings. The van der Waals surface area contributed by atoms with Crippen LogP contribution in [0.1, 0.15) is 50.2 Å². The monoisotopic (exact) mass is 406 g/mol. The average Bonchev–Trinajstić information content (AvgIpc) is 3.34. The van der Waals surface area contributed by atoms with Gasteiger partial charge in [0.05, 0.1) is 24.4 Å². The van der Waals surface area contributed by atoms with Crippen molar-refractivity contribution in [1.29, 1.82) is 0 Å². The molecule has 0 amide bonds. The van der Waals surface area contributed by atoms with E-state index in [2.05, 4.69) is 70.3 Å². The van der Waals surface area contributed by atoms with Gasteiger partial charge in [0.2, 0.25) is 0 Å². The van der Waals surface area contributed by atoms with E-state index in [1.54, 1.807) is 0 Å². The van der Waals surface area contributed by atoms with E-state index >= 15 is 0 Å². The van der Waals surface area contributed by atoms with Crippen molar-refractivity contribution in [2.75, 3.05) is 11.5 Å². The highest BCUT2D eigenvalue weighted by Gasteiger charge is 2.41. The smallest absolute Gasteiger partial charge is 0.174 e. The van der Waals surface area contributed by atoms with E-state index in [-0.39, 0.29) is 12.1 Å². The molecule has 1 aromatic carbocycles. The number of rotatable bonds is 6. The van der Waals surface area contributed by atoms with Crippen LogP contribution in [0.25, 0.3) is 0 Å². The van der Waals surface area contributed by atoms with Crippen molar-refractivity contribution in [3.63, 3.8) is 0 Å². The van der Waals surface area contributed by atoms with Gasteiger partial charge in [-0.2, -0.15) is 0 Å². The zero-order chi connectivity index (χ0) is 20.4. The van der Waals surface area contributed by atoms with Crippen molar-refractivity contribution < 1.29 is 4.74 Å². The third-order valence-electron chi connectivity index (χ3n) is 5.20. The summed E-state index contributed by atoms with van der Waals surface area (Å²) < 4.78 is 7.83. The first-order chi connectivity index (χ1) is 14.1. The number of hydrogen-bond donors (Lipinski definition) is 1. The summed E-state index contributed by atoms with van der Waals surface area (Å²) in [6, 6.07) is 16.7. The highest BCUT2D eigenvalue weighted by molar-refractivity contribution is 7.80. The van der Waals surface area contributed by atoms with E-state index in [1.807, 2.05) is 37.4 Å². The number of aromatic nitrogens is 2. The minimum atomic E-state index is -0.0294. The third-order valence-corrected chi connectivity index (χ3v) is 5.51. The molecule has 1 N–H and O–H groups in total. The van der Waals surface area contributed by atoms with Gasteiger partial charge in [-0.05, 0) is 81.0 Å². The Hall–Kier alpha value is -2.86. The van der Waals surface area contributed by atoms with Gasteiger partial charge in [0.25, 0.3) is 0 Å². The molecule has 4 rings (SSSR count). The highest BCUT2D eigenvalue weighted by atomic mass is 32.1. The van der Waals surface area contributed by atoms with E-state index < -0.39 is 0 Å². The first kappa shape index (κ1) is 19.5. The standard InChI is InChI=1S/C23H26N4OS/c1-4-28-19-10-8-18(9-11-19)27-22(17-12-14-26(15-17)16(2)3)21(25-23(27)29)20-7-5-6-13-24-20/h5-16,21-22H,4H2,1-3H3,(H,25,29)/t21-,22+/m1/s1. The molecular weight excluding hydrogens is 380 g/mol. The summed E-state index contributed by atoms with van der Waals surface area (Å²) in [7, 11) is 0. The van der Waals surface area contributed by atoms with Crippen LogP contribution in [-0.4, -0.2) is 21.3 Å². The molecule has 5 nitrogen and oxygen atoms in total. The van der Waals surface area contributed by atoms with Gasteiger partial charge in [0.15, 0.2) is 5.11 Å². The van der Waals surface area contributed by atoms with E-state index in [1.165, 1.54) is 5.56 Å². The lowest BCUT2D eigenvalue weighted by atomic mass is 9.98. The molecule has 2 atom stereocenters. The Morgan fingerprint density at radius 1 is 1.14 bits per heavy atom. The molecule has 0 radical (unpaired) electrons. The molecule has 150 valence electrons. The minimum absolute atomic E-state index is 0.00958. The molecule has 0 saturated carbocycles. The molecule has 0 bridgehead atoms. The fourth-order valence-corrected chi connectivity index (χ4v) is 4.11. The van der Waals surface area contributed by atoms with Gasteiger partial charge >= 0.3 is 0 Å². The molecule has 0 unspecified atom stereocenters. The second kappa shape index (κ2) is 8.25. The van der Waals surface area contributed by atoms with Crippen LogP contribution >= 0.6 is 12.2 Å². The van der Waals surface area contributed by atoms with E-state index in [9.17, 15) is 0 Å². The number of anilines is 1. The molecule has 2 aromatic heterocycles. The molecule has 0 spiro atoms. The van der Waals surface area contributed by atoms with Crippen molar-refractivity contribution in [2.24, 2.45) is 0 Å². The Morgan fingerprint density at radius 2 is 1.93 bits per heavy atom. The summed E-state index contributed by atoms with van der Waals surface area (Å²) in [6.45, 7) is 7.00. The zero-order valence-electron chi connectivity index (χ0n) is 16.9. The summed E-state index contributed by atoms with van der Waals surface area (Å²) in [4.78, 5) is 6.79. The van der Waals surface area contributed by atoms with Crippen molar-refractivity contribution in [1.82, 2.24) is 14.9 Å². The van der Waals surface area contributed by atoms with E-state index in [4.69, 9.17) is 17.0 Å². The molecule has 6 heteroatoms. The Bertz CT molecular complexity index is 968. The van der Waals surface area contributed by atoms with Gasteiger partial charge in [-0.25, -0.2) is 0 Å². The molecule has 3 heterocycles. The lowest BCUT2D eigenvalue weighted by Crippen LogP contribution is -2.29. The number of thiocarbonyl (C=S) groups is 1. The van der Waals surface area contributed by atoms with Gasteiger partial charge in [-0.1, -0.05) is 6.07 Å². The van der Waals surface area contributed by atoms with Crippen LogP contribution in [-0.2, 0) is 0 Å². The number of ether oxygens (including phenoxy) is 1. The predicted octanol–water partition coefficient (Wildman–Crippen LogP) is 5.04. The summed E-state index contributed by atoms with van der Waals surface area (Å²) in [5.74, 6) is 0.859.